The second-order valence-corrected chi connectivity index (χ2v) is 15.1. The van der Waals surface area contributed by atoms with Gasteiger partial charge in [0.2, 0.25) is 5.78 Å². The van der Waals surface area contributed by atoms with Crippen LogP contribution in [-0.2, 0) is 45.0 Å². The number of ether oxygens (including phenoxy) is 4. The van der Waals surface area contributed by atoms with Crippen molar-refractivity contribution in [1.82, 2.24) is 4.90 Å². The van der Waals surface area contributed by atoms with Crippen molar-refractivity contribution in [3.63, 3.8) is 0 Å². The quantitative estimate of drug-likeness (QED) is 0.152. The molecule has 38 heavy (non-hydrogen) atoms. The van der Waals surface area contributed by atoms with Crippen molar-refractivity contribution < 1.29 is 42.6 Å². The molecule has 1 aliphatic carbocycles. The summed E-state index contributed by atoms with van der Waals surface area (Å²) >= 11 is 0. The molecule has 4 atom stereocenters. The molecule has 10 nitrogen and oxygen atoms in total. The highest BCUT2D eigenvalue weighted by Gasteiger charge is 2.90. The van der Waals surface area contributed by atoms with Crippen LogP contribution in [0.15, 0.2) is 24.8 Å². The fourth-order valence-corrected chi connectivity index (χ4v) is 8.00. The molecule has 0 bridgehead atoms. The minimum atomic E-state index is -2.43. The van der Waals surface area contributed by atoms with E-state index in [9.17, 15) is 19.2 Å². The molecule has 206 valence electrons. The molecule has 1 saturated carbocycles. The summed E-state index contributed by atoms with van der Waals surface area (Å²) in [5.74, 6) is -2.71. The van der Waals surface area contributed by atoms with Gasteiger partial charge < -0.3 is 28.3 Å². The lowest BCUT2D eigenvalue weighted by atomic mass is 9.42. The molecule has 1 spiro atoms. The highest BCUT2D eigenvalue weighted by molar-refractivity contribution is 6.70. The van der Waals surface area contributed by atoms with Gasteiger partial charge in [-0.05, 0) is 56.7 Å². The highest BCUT2D eigenvalue weighted by Crippen LogP contribution is 2.74. The summed E-state index contributed by atoms with van der Waals surface area (Å²) in [7, 11) is 0.525. The number of benzene rings is 1. The predicted molar refractivity (Wildman–Crippen MR) is 138 cm³/mol. The lowest BCUT2D eigenvalue weighted by Gasteiger charge is -2.69. The van der Waals surface area contributed by atoms with Gasteiger partial charge >= 0.3 is 11.9 Å². The van der Waals surface area contributed by atoms with E-state index in [2.05, 4.69) is 6.58 Å². The van der Waals surface area contributed by atoms with Gasteiger partial charge in [0.1, 0.15) is 17.2 Å². The predicted octanol–water partition coefficient (Wildman–Crippen LogP) is 2.53. The molecule has 0 aromatic heterocycles. The Balaban J connectivity index is 2.18. The van der Waals surface area contributed by atoms with E-state index in [-0.39, 0.29) is 26.1 Å². The van der Waals surface area contributed by atoms with Gasteiger partial charge in [-0.25, -0.2) is 4.79 Å². The summed E-state index contributed by atoms with van der Waals surface area (Å²) in [6.07, 6.45) is 1.43. The standard InChI is InChI=1S/C27H35NO9Si/c1-9-25(37-38(6,7)8)15-26(24(32)36-11-3)21(29)22(30)28-18(23(31)35-10-2)12-16-13-19(33-4)20(34-5)14-17(16)27(25,26)28/h9,13-14,18H,1,10-12,15H2,2-8H3/t18-,25+,26+,27+/m0/s1. The van der Waals surface area contributed by atoms with Crippen LogP contribution in [0.2, 0.25) is 19.6 Å². The number of ketones is 1. The van der Waals surface area contributed by atoms with E-state index in [1.165, 1.54) is 19.1 Å². The van der Waals surface area contributed by atoms with Crippen molar-refractivity contribution in [2.45, 2.75) is 63.5 Å². The van der Waals surface area contributed by atoms with E-state index in [0.29, 0.717) is 22.6 Å². The molecular weight excluding hydrogens is 510 g/mol. The first-order valence-electron chi connectivity index (χ1n) is 12.7. The van der Waals surface area contributed by atoms with Gasteiger partial charge in [-0.2, -0.15) is 0 Å². The first-order valence-corrected chi connectivity index (χ1v) is 16.1. The molecule has 1 aromatic carbocycles. The van der Waals surface area contributed by atoms with E-state index in [0.717, 1.165) is 0 Å². The number of carbonyl (C=O) groups is 4. The number of fused-ring (bicyclic) bond motifs is 1. The summed E-state index contributed by atoms with van der Waals surface area (Å²) in [4.78, 5) is 56.3. The number of nitrogens with zero attached hydrogens (tertiary/aromatic N) is 1. The smallest absolute Gasteiger partial charge is 0.329 e. The molecule has 3 aliphatic rings. The van der Waals surface area contributed by atoms with E-state index in [1.54, 1.807) is 32.1 Å². The van der Waals surface area contributed by atoms with Gasteiger partial charge in [0, 0.05) is 12.8 Å². The summed E-state index contributed by atoms with van der Waals surface area (Å²) < 4.78 is 28.7. The number of hydrogen-bond acceptors (Lipinski definition) is 9. The fourth-order valence-electron chi connectivity index (χ4n) is 6.60. The maximum Gasteiger partial charge on any atom is 0.329 e. The SMILES string of the molecule is C=C[C@@]1(O[Si](C)(C)C)C[C@]2(C(=O)OCC)C(=O)C(=O)N3[C@H](C(=O)OCC)Cc4cc(OC)c(OC)cc4[C@]321. The molecule has 4 rings (SSSR count). The second-order valence-electron chi connectivity index (χ2n) is 10.7. The molecule has 0 radical (unpaired) electrons. The van der Waals surface area contributed by atoms with Crippen LogP contribution in [0.4, 0.5) is 0 Å². The van der Waals surface area contributed by atoms with Crippen LogP contribution in [0.5, 0.6) is 11.5 Å². The molecule has 1 amide bonds. The van der Waals surface area contributed by atoms with Crippen LogP contribution >= 0.6 is 0 Å². The van der Waals surface area contributed by atoms with Crippen molar-refractivity contribution in [2.75, 3.05) is 27.4 Å². The van der Waals surface area contributed by atoms with Crippen molar-refractivity contribution in [1.29, 1.82) is 0 Å². The second kappa shape index (κ2) is 9.23. The summed E-state index contributed by atoms with van der Waals surface area (Å²) in [6.45, 7) is 13.3. The zero-order valence-corrected chi connectivity index (χ0v) is 24.0. The Morgan fingerprint density at radius 2 is 1.68 bits per heavy atom. The van der Waals surface area contributed by atoms with Gasteiger partial charge in [0.25, 0.3) is 5.91 Å². The zero-order valence-electron chi connectivity index (χ0n) is 23.0. The number of rotatable bonds is 9. The molecule has 1 aromatic rings. The third-order valence-corrected chi connectivity index (χ3v) is 8.62. The molecule has 0 N–H and O–H groups in total. The largest absolute Gasteiger partial charge is 0.493 e. The molecule has 0 unspecified atom stereocenters. The fraction of sp³-hybridized carbons (Fsp3) is 0.556. The normalized spacial score (nSPS) is 29.4. The number of carbonyl (C=O) groups excluding carboxylic acids is 4. The monoisotopic (exact) mass is 545 g/mol. The lowest BCUT2D eigenvalue weighted by Crippen LogP contribution is -2.82. The third kappa shape index (κ3) is 3.33. The number of esters is 2. The van der Waals surface area contributed by atoms with Crippen molar-refractivity contribution in [3.8, 4) is 11.5 Å². The topological polar surface area (TPSA) is 118 Å². The first-order chi connectivity index (χ1) is 17.8. The summed E-state index contributed by atoms with van der Waals surface area (Å²) in [5.41, 5.74) is -4.06. The Morgan fingerprint density at radius 3 is 2.21 bits per heavy atom. The van der Waals surface area contributed by atoms with Crippen LogP contribution in [0, 0.1) is 5.41 Å². The number of amides is 1. The van der Waals surface area contributed by atoms with Gasteiger partial charge in [-0.15, -0.1) is 6.58 Å². The van der Waals surface area contributed by atoms with E-state index < -0.39 is 54.5 Å². The van der Waals surface area contributed by atoms with Crippen molar-refractivity contribution >= 4 is 31.9 Å². The van der Waals surface area contributed by atoms with Gasteiger partial charge in [0.05, 0.1) is 27.4 Å². The van der Waals surface area contributed by atoms with E-state index >= 15 is 0 Å². The van der Waals surface area contributed by atoms with E-state index in [1.807, 2.05) is 19.6 Å². The van der Waals surface area contributed by atoms with Gasteiger partial charge in [0.15, 0.2) is 25.2 Å². The Morgan fingerprint density at radius 1 is 1.08 bits per heavy atom. The molecule has 2 heterocycles. The third-order valence-electron chi connectivity index (χ3n) is 7.64. The maximum atomic E-state index is 14.0. The van der Waals surface area contributed by atoms with Gasteiger partial charge in [-0.3, -0.25) is 14.4 Å². The Bertz CT molecular complexity index is 1220. The number of methoxy groups -OCH3 is 2. The van der Waals surface area contributed by atoms with Crippen LogP contribution in [0.3, 0.4) is 0 Å². The molecular formula is C27H35NO9Si. The highest BCUT2D eigenvalue weighted by atomic mass is 28.4. The zero-order chi connectivity index (χ0) is 28.3. The van der Waals surface area contributed by atoms with Crippen LogP contribution in [-0.4, -0.2) is 75.9 Å². The van der Waals surface area contributed by atoms with Crippen molar-refractivity contribution in [2.24, 2.45) is 5.41 Å². The average molecular weight is 546 g/mol. The maximum absolute atomic E-state index is 14.0. The summed E-state index contributed by atoms with van der Waals surface area (Å²) in [5, 5.41) is 0. The minimum absolute atomic E-state index is 0.00576. The molecule has 11 heteroatoms. The Labute approximate surface area is 223 Å². The lowest BCUT2D eigenvalue weighted by molar-refractivity contribution is -0.236. The Kier molecular flexibility index (Phi) is 6.76. The molecule has 2 fully saturated rings. The first kappa shape index (κ1) is 27.8. The van der Waals surface area contributed by atoms with Crippen LogP contribution < -0.4 is 9.47 Å². The summed E-state index contributed by atoms with van der Waals surface area (Å²) in [6, 6.07) is 2.17. The van der Waals surface area contributed by atoms with Crippen molar-refractivity contribution in [3.05, 3.63) is 35.9 Å². The van der Waals surface area contributed by atoms with Crippen LogP contribution in [0.1, 0.15) is 31.4 Å². The average Bonchev–Trinajstić information content (AvgIpc) is 3.03. The molecule has 1 saturated heterocycles. The Hall–Kier alpha value is -3.18. The van der Waals surface area contributed by atoms with E-state index in [4.69, 9.17) is 23.4 Å². The van der Waals surface area contributed by atoms with Crippen LogP contribution in [0.25, 0.3) is 0 Å². The molecule has 2 aliphatic heterocycles. The number of Topliss-reactive ketones (excluding diaryl/α,β-unsaturated/α-hetero) is 1. The van der Waals surface area contributed by atoms with Gasteiger partial charge in [-0.1, -0.05) is 6.08 Å². The number of hydrogen-bond donors (Lipinski definition) is 0. The minimum Gasteiger partial charge on any atom is -0.493 e.